The van der Waals surface area contributed by atoms with Crippen molar-refractivity contribution in [3.63, 3.8) is 0 Å². The van der Waals surface area contributed by atoms with Crippen LogP contribution in [0.25, 0.3) is 0 Å². The maximum Gasteiger partial charge on any atom is 0.434 e. The Hall–Kier alpha value is -1.15. The second-order valence-electron chi connectivity index (χ2n) is 5.76. The van der Waals surface area contributed by atoms with Crippen molar-refractivity contribution in [1.29, 1.82) is 0 Å². The standard InChI is InChI=1S/C12H16F3NO3S/c1-10(2,3)19-9(17)8-16-6(12(13,14)15)7(20-8)11(4,5)18/h18H,1-5H3. The normalized spacial score (nSPS) is 13.4. The Morgan fingerprint density at radius 3 is 2.00 bits per heavy atom. The van der Waals surface area contributed by atoms with Gasteiger partial charge in [0.05, 0.1) is 10.5 Å². The number of hydrogen-bond acceptors (Lipinski definition) is 5. The average Bonchev–Trinajstić information content (AvgIpc) is 2.56. The number of nitrogens with zero attached hydrogens (tertiary/aromatic N) is 1. The van der Waals surface area contributed by atoms with Crippen molar-refractivity contribution in [3.8, 4) is 0 Å². The molecule has 0 atom stereocenters. The Morgan fingerprint density at radius 2 is 1.70 bits per heavy atom. The zero-order chi connectivity index (χ0) is 15.9. The van der Waals surface area contributed by atoms with E-state index < -0.39 is 38.9 Å². The van der Waals surface area contributed by atoms with E-state index in [2.05, 4.69) is 4.98 Å². The number of aromatic nitrogens is 1. The highest BCUT2D eigenvalue weighted by Gasteiger charge is 2.42. The van der Waals surface area contributed by atoms with Gasteiger partial charge in [0, 0.05) is 0 Å². The van der Waals surface area contributed by atoms with Crippen LogP contribution in [0.1, 0.15) is 55.0 Å². The molecule has 1 heterocycles. The smallest absolute Gasteiger partial charge is 0.434 e. The lowest BCUT2D eigenvalue weighted by Gasteiger charge is -2.18. The number of halogens is 3. The summed E-state index contributed by atoms with van der Waals surface area (Å²) in [5.41, 5.74) is -3.84. The highest BCUT2D eigenvalue weighted by atomic mass is 32.1. The van der Waals surface area contributed by atoms with E-state index in [4.69, 9.17) is 4.74 Å². The summed E-state index contributed by atoms with van der Waals surface area (Å²) in [5, 5.41) is 9.35. The fraction of sp³-hybridized carbons (Fsp3) is 0.667. The van der Waals surface area contributed by atoms with Crippen LogP contribution in [0.3, 0.4) is 0 Å². The van der Waals surface area contributed by atoms with Crippen LogP contribution in [0.15, 0.2) is 0 Å². The Morgan fingerprint density at radius 1 is 1.20 bits per heavy atom. The van der Waals surface area contributed by atoms with Crippen molar-refractivity contribution < 1.29 is 27.8 Å². The first-order valence-corrected chi connectivity index (χ1v) is 6.57. The topological polar surface area (TPSA) is 59.4 Å². The van der Waals surface area contributed by atoms with Crippen LogP contribution in [0, 0.1) is 0 Å². The van der Waals surface area contributed by atoms with Gasteiger partial charge in [-0.2, -0.15) is 13.2 Å². The van der Waals surface area contributed by atoms with Crippen molar-refractivity contribution in [1.82, 2.24) is 4.98 Å². The van der Waals surface area contributed by atoms with E-state index in [1.54, 1.807) is 20.8 Å². The Labute approximate surface area is 118 Å². The lowest BCUT2D eigenvalue weighted by Crippen LogP contribution is -2.24. The number of esters is 1. The van der Waals surface area contributed by atoms with Crippen molar-refractivity contribution in [3.05, 3.63) is 15.6 Å². The molecule has 114 valence electrons. The van der Waals surface area contributed by atoms with Crippen molar-refractivity contribution in [2.75, 3.05) is 0 Å². The van der Waals surface area contributed by atoms with Gasteiger partial charge in [0.1, 0.15) is 5.60 Å². The number of alkyl halides is 3. The van der Waals surface area contributed by atoms with E-state index in [0.29, 0.717) is 11.3 Å². The first kappa shape index (κ1) is 16.9. The number of thiazole rings is 1. The summed E-state index contributed by atoms with van der Waals surface area (Å²) in [6, 6.07) is 0. The van der Waals surface area contributed by atoms with Crippen LogP contribution < -0.4 is 0 Å². The number of carbonyl (C=O) groups excluding carboxylic acids is 1. The predicted octanol–water partition coefficient (Wildman–Crippen LogP) is 3.34. The fourth-order valence-electron chi connectivity index (χ4n) is 1.34. The van der Waals surface area contributed by atoms with Crippen molar-refractivity contribution in [2.24, 2.45) is 0 Å². The van der Waals surface area contributed by atoms with Crippen LogP contribution >= 0.6 is 11.3 Å². The molecular formula is C12H16F3NO3S. The van der Waals surface area contributed by atoms with Gasteiger partial charge < -0.3 is 9.84 Å². The highest BCUT2D eigenvalue weighted by Crippen LogP contribution is 2.39. The van der Waals surface area contributed by atoms with E-state index in [9.17, 15) is 23.1 Å². The molecule has 1 aromatic heterocycles. The Kier molecular flexibility index (Phi) is 4.22. The lowest BCUT2D eigenvalue weighted by molar-refractivity contribution is -0.143. The molecule has 0 saturated carbocycles. The van der Waals surface area contributed by atoms with Gasteiger partial charge in [-0.3, -0.25) is 0 Å². The molecule has 8 heteroatoms. The largest absolute Gasteiger partial charge is 0.455 e. The van der Waals surface area contributed by atoms with Gasteiger partial charge in [0.25, 0.3) is 0 Å². The third-order valence-electron chi connectivity index (χ3n) is 2.02. The minimum atomic E-state index is -4.74. The molecule has 0 bridgehead atoms. The molecule has 20 heavy (non-hydrogen) atoms. The van der Waals surface area contributed by atoms with Gasteiger partial charge >= 0.3 is 12.1 Å². The van der Waals surface area contributed by atoms with E-state index in [1.807, 2.05) is 0 Å². The number of aliphatic hydroxyl groups is 1. The molecule has 0 spiro atoms. The van der Waals surface area contributed by atoms with Crippen molar-refractivity contribution >= 4 is 17.3 Å². The Bertz CT molecular complexity index is 478. The van der Waals surface area contributed by atoms with Crippen LogP contribution in [0.5, 0.6) is 0 Å². The molecule has 1 aromatic rings. The molecular weight excluding hydrogens is 295 g/mol. The van der Waals surface area contributed by atoms with Gasteiger partial charge in [0.2, 0.25) is 5.01 Å². The van der Waals surface area contributed by atoms with Gasteiger partial charge in [0.15, 0.2) is 5.69 Å². The Balaban J connectivity index is 3.26. The average molecular weight is 311 g/mol. The van der Waals surface area contributed by atoms with E-state index in [0.717, 1.165) is 0 Å². The SMILES string of the molecule is CC(C)(C)OC(=O)c1nc(C(F)(F)F)c(C(C)(C)O)s1. The first-order valence-electron chi connectivity index (χ1n) is 5.76. The summed E-state index contributed by atoms with van der Waals surface area (Å²) < 4.78 is 43.6. The second-order valence-corrected chi connectivity index (χ2v) is 6.75. The highest BCUT2D eigenvalue weighted by molar-refractivity contribution is 7.13. The minimum absolute atomic E-state index is 0.411. The number of ether oxygens (including phenoxy) is 1. The zero-order valence-electron chi connectivity index (χ0n) is 11.8. The first-order chi connectivity index (χ1) is 8.72. The number of carbonyl (C=O) groups is 1. The predicted molar refractivity (Wildman–Crippen MR) is 67.5 cm³/mol. The molecule has 4 nitrogen and oxygen atoms in total. The van der Waals surface area contributed by atoms with Crippen LogP contribution in [0.2, 0.25) is 0 Å². The molecule has 0 aromatic carbocycles. The maximum absolute atomic E-state index is 12.9. The van der Waals surface area contributed by atoms with E-state index in [-0.39, 0.29) is 0 Å². The number of hydrogen-bond donors (Lipinski definition) is 1. The third-order valence-corrected chi connectivity index (χ3v) is 3.37. The van der Waals surface area contributed by atoms with Crippen molar-refractivity contribution in [2.45, 2.75) is 52.0 Å². The summed E-state index contributed by atoms with van der Waals surface area (Å²) in [7, 11) is 0. The summed E-state index contributed by atoms with van der Waals surface area (Å²) >= 11 is 0.486. The molecule has 0 saturated heterocycles. The zero-order valence-corrected chi connectivity index (χ0v) is 12.6. The van der Waals surface area contributed by atoms with Crippen LogP contribution in [0.4, 0.5) is 13.2 Å². The third kappa shape index (κ3) is 4.17. The molecule has 0 radical (unpaired) electrons. The van der Waals surface area contributed by atoms with Crippen LogP contribution in [-0.4, -0.2) is 21.7 Å². The summed E-state index contributed by atoms with van der Waals surface area (Å²) in [5.74, 6) is -0.941. The van der Waals surface area contributed by atoms with Gasteiger partial charge in [-0.05, 0) is 34.6 Å². The lowest BCUT2D eigenvalue weighted by atomic mass is 10.1. The second kappa shape index (κ2) is 5.00. The van der Waals surface area contributed by atoms with Gasteiger partial charge in [-0.15, -0.1) is 11.3 Å². The van der Waals surface area contributed by atoms with Gasteiger partial charge in [-0.25, -0.2) is 9.78 Å². The molecule has 0 aliphatic heterocycles. The molecule has 1 N–H and O–H groups in total. The molecule has 0 aliphatic rings. The molecule has 0 fully saturated rings. The monoisotopic (exact) mass is 311 g/mol. The number of rotatable bonds is 2. The van der Waals surface area contributed by atoms with E-state index in [1.165, 1.54) is 13.8 Å². The summed E-state index contributed by atoms with van der Waals surface area (Å²) in [6.07, 6.45) is -4.74. The van der Waals surface area contributed by atoms with Gasteiger partial charge in [-0.1, -0.05) is 0 Å². The van der Waals surface area contributed by atoms with E-state index >= 15 is 0 Å². The molecule has 0 amide bonds. The molecule has 0 aliphatic carbocycles. The minimum Gasteiger partial charge on any atom is -0.455 e. The molecule has 0 unspecified atom stereocenters. The molecule has 1 rings (SSSR count). The quantitative estimate of drug-likeness (QED) is 0.851. The maximum atomic E-state index is 12.9. The summed E-state index contributed by atoms with van der Waals surface area (Å²) in [4.78, 5) is 14.6. The van der Waals surface area contributed by atoms with Crippen LogP contribution in [-0.2, 0) is 16.5 Å². The summed E-state index contributed by atoms with van der Waals surface area (Å²) in [6.45, 7) is 7.20. The fourth-order valence-corrected chi connectivity index (χ4v) is 2.30.